The van der Waals surface area contributed by atoms with E-state index in [9.17, 15) is 9.59 Å². The van der Waals surface area contributed by atoms with Gasteiger partial charge in [0.2, 0.25) is 5.91 Å². The molecule has 0 saturated heterocycles. The molecule has 134 valence electrons. The van der Waals surface area contributed by atoms with E-state index >= 15 is 0 Å². The van der Waals surface area contributed by atoms with Crippen molar-refractivity contribution in [2.45, 2.75) is 11.7 Å². The molecule has 1 aliphatic rings. The van der Waals surface area contributed by atoms with Crippen LogP contribution in [0.4, 0.5) is 5.69 Å². The molecule has 7 heteroatoms. The van der Waals surface area contributed by atoms with Gasteiger partial charge in [0, 0.05) is 18.2 Å². The Morgan fingerprint density at radius 1 is 1.15 bits per heavy atom. The zero-order valence-electron chi connectivity index (χ0n) is 14.2. The molecule has 3 rings (SSSR count). The Morgan fingerprint density at radius 3 is 2.69 bits per heavy atom. The summed E-state index contributed by atoms with van der Waals surface area (Å²) in [5, 5.41) is 2.83. The summed E-state index contributed by atoms with van der Waals surface area (Å²) >= 11 is 1.27. The number of thioether (sulfide) groups is 1. The van der Waals surface area contributed by atoms with Gasteiger partial charge in [0.25, 0.3) is 5.91 Å². The van der Waals surface area contributed by atoms with Crippen molar-refractivity contribution in [2.24, 2.45) is 4.99 Å². The lowest BCUT2D eigenvalue weighted by atomic mass is 10.2. The highest BCUT2D eigenvalue weighted by atomic mass is 32.2. The highest BCUT2D eigenvalue weighted by Crippen LogP contribution is 2.26. The minimum absolute atomic E-state index is 0.0546. The normalized spacial score (nSPS) is 16.1. The van der Waals surface area contributed by atoms with Crippen LogP contribution in [0, 0.1) is 0 Å². The van der Waals surface area contributed by atoms with Crippen molar-refractivity contribution in [2.75, 3.05) is 19.0 Å². The minimum atomic E-state index is -0.519. The maximum Gasteiger partial charge on any atom is 0.260 e. The van der Waals surface area contributed by atoms with E-state index in [4.69, 9.17) is 9.47 Å². The van der Waals surface area contributed by atoms with Crippen LogP contribution < -0.4 is 14.8 Å². The van der Waals surface area contributed by atoms with E-state index in [0.29, 0.717) is 22.2 Å². The second-order valence-corrected chi connectivity index (χ2v) is 6.81. The zero-order chi connectivity index (χ0) is 18.4. The maximum absolute atomic E-state index is 12.2. The molecule has 26 heavy (non-hydrogen) atoms. The number of para-hydroxylation sites is 1. The second kappa shape index (κ2) is 8.53. The van der Waals surface area contributed by atoms with Gasteiger partial charge in [-0.3, -0.25) is 9.59 Å². The van der Waals surface area contributed by atoms with Crippen molar-refractivity contribution in [3.05, 3.63) is 54.6 Å². The van der Waals surface area contributed by atoms with Gasteiger partial charge in [-0.25, -0.2) is 4.99 Å². The van der Waals surface area contributed by atoms with Crippen LogP contribution in [0.15, 0.2) is 59.6 Å². The van der Waals surface area contributed by atoms with Crippen LogP contribution in [0.5, 0.6) is 11.5 Å². The Labute approximate surface area is 155 Å². The molecule has 0 spiro atoms. The number of hydrogen-bond donors (Lipinski definition) is 1. The molecule has 0 saturated carbocycles. The van der Waals surface area contributed by atoms with Crippen LogP contribution in [-0.4, -0.2) is 35.8 Å². The van der Waals surface area contributed by atoms with Crippen molar-refractivity contribution >= 4 is 34.3 Å². The third-order valence-electron chi connectivity index (χ3n) is 3.62. The fourth-order valence-corrected chi connectivity index (χ4v) is 3.36. The molecule has 2 amide bonds. The van der Waals surface area contributed by atoms with Crippen molar-refractivity contribution in [1.29, 1.82) is 0 Å². The van der Waals surface area contributed by atoms with Crippen LogP contribution >= 0.6 is 11.8 Å². The average Bonchev–Trinajstić information content (AvgIpc) is 3.00. The van der Waals surface area contributed by atoms with Gasteiger partial charge in [-0.2, -0.15) is 0 Å². The van der Waals surface area contributed by atoms with Gasteiger partial charge in [0.15, 0.2) is 0 Å². The van der Waals surface area contributed by atoms with Gasteiger partial charge < -0.3 is 14.8 Å². The summed E-state index contributed by atoms with van der Waals surface area (Å²) in [5.74, 6) is 0.812. The van der Waals surface area contributed by atoms with Crippen molar-refractivity contribution < 1.29 is 19.1 Å². The lowest BCUT2D eigenvalue weighted by molar-refractivity contribution is -0.121. The van der Waals surface area contributed by atoms with Crippen molar-refractivity contribution in [1.82, 2.24) is 0 Å². The van der Waals surface area contributed by atoms with Crippen molar-refractivity contribution in [3.8, 4) is 11.5 Å². The smallest absolute Gasteiger partial charge is 0.260 e. The number of methoxy groups -OCH3 is 1. The number of rotatable bonds is 7. The fourth-order valence-electron chi connectivity index (χ4n) is 2.37. The number of benzene rings is 2. The number of carbonyl (C=O) groups excluding carboxylic acids is 2. The number of nitrogens with one attached hydrogen (secondary N) is 1. The number of aliphatic imine (C=N–C) groups is 1. The van der Waals surface area contributed by atoms with Crippen LogP contribution in [0.3, 0.4) is 0 Å². The lowest BCUT2D eigenvalue weighted by Crippen LogP contribution is -2.21. The first-order valence-corrected chi connectivity index (χ1v) is 8.92. The van der Waals surface area contributed by atoms with E-state index in [1.165, 1.54) is 11.8 Å². The van der Waals surface area contributed by atoms with Crippen molar-refractivity contribution in [3.63, 3.8) is 0 Å². The molecule has 2 aromatic carbocycles. The number of nitrogens with zero attached hydrogens (tertiary/aromatic N) is 1. The molecule has 1 N–H and O–H groups in total. The monoisotopic (exact) mass is 370 g/mol. The highest BCUT2D eigenvalue weighted by Gasteiger charge is 2.30. The second-order valence-electron chi connectivity index (χ2n) is 5.54. The van der Waals surface area contributed by atoms with Gasteiger partial charge in [0.1, 0.15) is 28.4 Å². The molecule has 1 heterocycles. The lowest BCUT2D eigenvalue weighted by Gasteiger charge is -2.09. The predicted molar refractivity (Wildman–Crippen MR) is 102 cm³/mol. The van der Waals surface area contributed by atoms with Crippen LogP contribution in [0.2, 0.25) is 0 Å². The molecule has 0 fully saturated rings. The number of carbonyl (C=O) groups is 2. The molecule has 6 nitrogen and oxygen atoms in total. The summed E-state index contributed by atoms with van der Waals surface area (Å²) in [6, 6.07) is 16.4. The molecule has 0 aliphatic carbocycles. The largest absolute Gasteiger partial charge is 0.497 e. The maximum atomic E-state index is 12.2. The third kappa shape index (κ3) is 4.86. The Balaban J connectivity index is 1.49. The summed E-state index contributed by atoms with van der Waals surface area (Å²) in [6.07, 6.45) is 0.0546. The summed E-state index contributed by atoms with van der Waals surface area (Å²) in [5.41, 5.74) is 0.623. The standard InChI is InChI=1S/C19H18N2O4S/c1-24-15-9-5-6-13(10-15)20-17(22)11-16-19(23)21-18(26-16)12-25-14-7-3-2-4-8-14/h2-10,16H,11-12H2,1H3,(H,20,22)/t16-/m1/s1. The molecule has 0 radical (unpaired) electrons. The van der Waals surface area contributed by atoms with Crippen LogP contribution in [-0.2, 0) is 9.59 Å². The Kier molecular flexibility index (Phi) is 5.91. The molecule has 1 aliphatic heterocycles. The number of hydrogen-bond acceptors (Lipinski definition) is 5. The molecule has 1 atom stereocenters. The summed E-state index contributed by atoms with van der Waals surface area (Å²) < 4.78 is 10.7. The quantitative estimate of drug-likeness (QED) is 0.810. The molecule has 2 aromatic rings. The van der Waals surface area contributed by atoms with E-state index < -0.39 is 5.25 Å². The first-order valence-electron chi connectivity index (χ1n) is 8.04. The molecule has 0 unspecified atom stereocenters. The Bertz CT molecular complexity index is 823. The predicted octanol–water partition coefficient (Wildman–Crippen LogP) is 3.14. The third-order valence-corrected chi connectivity index (χ3v) is 4.75. The molecule has 0 aromatic heterocycles. The zero-order valence-corrected chi connectivity index (χ0v) is 15.0. The summed E-state index contributed by atoms with van der Waals surface area (Å²) in [6.45, 7) is 0.217. The number of anilines is 1. The number of amides is 2. The van der Waals surface area contributed by atoms with E-state index in [-0.39, 0.29) is 24.8 Å². The first kappa shape index (κ1) is 18.0. The average molecular weight is 370 g/mol. The van der Waals surface area contributed by atoms with Gasteiger partial charge in [-0.05, 0) is 24.3 Å². The Hall–Kier alpha value is -2.80. The Morgan fingerprint density at radius 2 is 1.92 bits per heavy atom. The summed E-state index contributed by atoms with van der Waals surface area (Å²) in [7, 11) is 1.56. The molecular weight excluding hydrogens is 352 g/mol. The minimum Gasteiger partial charge on any atom is -0.497 e. The van der Waals surface area contributed by atoms with Gasteiger partial charge in [-0.15, -0.1) is 0 Å². The van der Waals surface area contributed by atoms with Gasteiger partial charge in [0.05, 0.1) is 7.11 Å². The molecular formula is C19H18N2O4S. The SMILES string of the molecule is COc1cccc(NC(=O)C[C@H]2SC(COc3ccccc3)=NC2=O)c1. The van der Waals surface area contributed by atoms with Crippen LogP contribution in [0.1, 0.15) is 6.42 Å². The van der Waals surface area contributed by atoms with Gasteiger partial charge in [-0.1, -0.05) is 36.0 Å². The van der Waals surface area contributed by atoms with E-state index in [1.54, 1.807) is 31.4 Å². The van der Waals surface area contributed by atoms with E-state index in [2.05, 4.69) is 10.3 Å². The van der Waals surface area contributed by atoms with Crippen LogP contribution in [0.25, 0.3) is 0 Å². The molecule has 0 bridgehead atoms. The van der Waals surface area contributed by atoms with E-state index in [1.807, 2.05) is 30.3 Å². The number of ether oxygens (including phenoxy) is 2. The topological polar surface area (TPSA) is 77.0 Å². The highest BCUT2D eigenvalue weighted by molar-refractivity contribution is 8.15. The fraction of sp³-hybridized carbons (Fsp3) is 0.211. The van der Waals surface area contributed by atoms with Gasteiger partial charge >= 0.3 is 0 Å². The summed E-state index contributed by atoms with van der Waals surface area (Å²) in [4.78, 5) is 28.2. The van der Waals surface area contributed by atoms with E-state index in [0.717, 1.165) is 0 Å². The first-order chi connectivity index (χ1) is 12.6.